The molecule has 0 aliphatic rings. The minimum atomic E-state index is 0.162. The van der Waals surface area contributed by atoms with Crippen molar-refractivity contribution in [2.24, 2.45) is 0 Å². The van der Waals surface area contributed by atoms with Gasteiger partial charge in [0.1, 0.15) is 11.6 Å². The summed E-state index contributed by atoms with van der Waals surface area (Å²) in [5.74, 6) is 2.18. The zero-order valence-electron chi connectivity index (χ0n) is 14.1. The first-order valence-corrected chi connectivity index (χ1v) is 7.69. The van der Waals surface area contributed by atoms with Gasteiger partial charge in [-0.25, -0.2) is 4.98 Å². The summed E-state index contributed by atoms with van der Waals surface area (Å²) in [6, 6.07) is 9.65. The molecule has 2 aromatic rings. The Morgan fingerprint density at radius 2 is 1.87 bits per heavy atom. The van der Waals surface area contributed by atoms with E-state index in [4.69, 9.17) is 9.47 Å². The van der Waals surface area contributed by atoms with Gasteiger partial charge in [-0.2, -0.15) is 4.98 Å². The average Bonchev–Trinajstić information content (AvgIpc) is 2.48. The molecule has 0 aliphatic carbocycles. The standard InChI is InChI=1S/C17H24N4O2/c1-12(2)23-15-7-5-14(6-8-15)20-17-19-13(3)11-16(21-17)18-9-10-22-4/h5-8,11-12H,9-10H2,1-4H3,(H2,18,19,20,21). The van der Waals surface area contributed by atoms with Crippen LogP contribution in [0.15, 0.2) is 30.3 Å². The smallest absolute Gasteiger partial charge is 0.229 e. The van der Waals surface area contributed by atoms with Crippen molar-refractivity contribution in [1.29, 1.82) is 0 Å². The highest BCUT2D eigenvalue weighted by Crippen LogP contribution is 2.20. The second kappa shape index (κ2) is 8.33. The first-order chi connectivity index (χ1) is 11.1. The Labute approximate surface area is 137 Å². The lowest BCUT2D eigenvalue weighted by atomic mass is 10.3. The zero-order chi connectivity index (χ0) is 16.7. The average molecular weight is 316 g/mol. The number of nitrogens with one attached hydrogen (secondary N) is 2. The molecular weight excluding hydrogens is 292 g/mol. The Morgan fingerprint density at radius 3 is 2.52 bits per heavy atom. The Balaban J connectivity index is 2.04. The van der Waals surface area contributed by atoms with Gasteiger partial charge < -0.3 is 20.1 Å². The molecular formula is C17H24N4O2. The lowest BCUT2D eigenvalue weighted by Gasteiger charge is -2.12. The summed E-state index contributed by atoms with van der Waals surface area (Å²) in [5.41, 5.74) is 1.80. The van der Waals surface area contributed by atoms with Crippen LogP contribution in [0, 0.1) is 6.92 Å². The zero-order valence-corrected chi connectivity index (χ0v) is 14.1. The van der Waals surface area contributed by atoms with Crippen molar-refractivity contribution >= 4 is 17.5 Å². The Bertz CT molecular complexity index is 614. The Morgan fingerprint density at radius 1 is 1.13 bits per heavy atom. The second-order valence-electron chi connectivity index (χ2n) is 5.45. The van der Waals surface area contributed by atoms with Crippen molar-refractivity contribution < 1.29 is 9.47 Å². The fraction of sp³-hybridized carbons (Fsp3) is 0.412. The number of benzene rings is 1. The van der Waals surface area contributed by atoms with Crippen molar-refractivity contribution in [3.05, 3.63) is 36.0 Å². The molecule has 1 aromatic carbocycles. The van der Waals surface area contributed by atoms with Crippen molar-refractivity contribution in [3.63, 3.8) is 0 Å². The molecule has 0 aliphatic heterocycles. The van der Waals surface area contributed by atoms with Gasteiger partial charge in [0.15, 0.2) is 0 Å². The Kier molecular flexibility index (Phi) is 6.17. The molecule has 1 heterocycles. The van der Waals surface area contributed by atoms with Crippen molar-refractivity contribution in [3.8, 4) is 5.75 Å². The van der Waals surface area contributed by atoms with Crippen molar-refractivity contribution in [2.45, 2.75) is 26.9 Å². The van der Waals surface area contributed by atoms with E-state index in [1.807, 2.05) is 51.1 Å². The third kappa shape index (κ3) is 5.75. The van der Waals surface area contributed by atoms with Gasteiger partial charge in [0.05, 0.1) is 12.7 Å². The molecule has 0 spiro atoms. The van der Waals surface area contributed by atoms with E-state index in [0.717, 1.165) is 22.9 Å². The number of methoxy groups -OCH3 is 1. The van der Waals surface area contributed by atoms with Crippen LogP contribution in [-0.4, -0.2) is 36.3 Å². The van der Waals surface area contributed by atoms with Crippen LogP contribution >= 0.6 is 0 Å². The molecule has 2 rings (SSSR count). The molecule has 23 heavy (non-hydrogen) atoms. The first kappa shape index (κ1) is 17.0. The lowest BCUT2D eigenvalue weighted by Crippen LogP contribution is -2.10. The van der Waals surface area contributed by atoms with Gasteiger partial charge in [-0.05, 0) is 45.0 Å². The van der Waals surface area contributed by atoms with Gasteiger partial charge in [-0.3, -0.25) is 0 Å². The highest BCUT2D eigenvalue weighted by Gasteiger charge is 2.04. The molecule has 0 saturated heterocycles. The largest absolute Gasteiger partial charge is 0.491 e. The van der Waals surface area contributed by atoms with Crippen LogP contribution in [-0.2, 0) is 4.74 Å². The third-order valence-electron chi connectivity index (χ3n) is 2.95. The van der Waals surface area contributed by atoms with Gasteiger partial charge in [0.25, 0.3) is 0 Å². The summed E-state index contributed by atoms with van der Waals surface area (Å²) in [6.07, 6.45) is 0.162. The van der Waals surface area contributed by atoms with E-state index in [2.05, 4.69) is 20.6 Å². The molecule has 0 amide bonds. The fourth-order valence-corrected chi connectivity index (χ4v) is 2.01. The van der Waals surface area contributed by atoms with Gasteiger partial charge in [-0.15, -0.1) is 0 Å². The molecule has 0 bridgehead atoms. The summed E-state index contributed by atoms with van der Waals surface area (Å²) in [5, 5.41) is 6.41. The maximum absolute atomic E-state index is 5.63. The molecule has 6 heteroatoms. The number of nitrogens with zero attached hydrogens (tertiary/aromatic N) is 2. The van der Waals surface area contributed by atoms with Crippen LogP contribution in [0.5, 0.6) is 5.75 Å². The number of hydrogen-bond donors (Lipinski definition) is 2. The summed E-state index contributed by atoms with van der Waals surface area (Å²) in [4.78, 5) is 8.85. The molecule has 0 atom stereocenters. The maximum Gasteiger partial charge on any atom is 0.229 e. The number of anilines is 3. The van der Waals surface area contributed by atoms with E-state index >= 15 is 0 Å². The molecule has 124 valence electrons. The number of aromatic nitrogens is 2. The molecule has 6 nitrogen and oxygen atoms in total. The first-order valence-electron chi connectivity index (χ1n) is 7.69. The van der Waals surface area contributed by atoms with Crippen LogP contribution in [0.3, 0.4) is 0 Å². The highest BCUT2D eigenvalue weighted by molar-refractivity contribution is 5.56. The van der Waals surface area contributed by atoms with Crippen molar-refractivity contribution in [1.82, 2.24) is 9.97 Å². The van der Waals surface area contributed by atoms with E-state index in [1.165, 1.54) is 0 Å². The van der Waals surface area contributed by atoms with Gasteiger partial charge in [0.2, 0.25) is 5.95 Å². The van der Waals surface area contributed by atoms with Crippen LogP contribution in [0.1, 0.15) is 19.5 Å². The van der Waals surface area contributed by atoms with E-state index in [0.29, 0.717) is 19.1 Å². The maximum atomic E-state index is 5.63. The van der Waals surface area contributed by atoms with Gasteiger partial charge in [0, 0.05) is 31.1 Å². The summed E-state index contributed by atoms with van der Waals surface area (Å²) in [6.45, 7) is 7.28. The van der Waals surface area contributed by atoms with Crippen LogP contribution < -0.4 is 15.4 Å². The normalized spacial score (nSPS) is 10.7. The molecule has 1 aromatic heterocycles. The monoisotopic (exact) mass is 316 g/mol. The minimum Gasteiger partial charge on any atom is -0.491 e. The highest BCUT2D eigenvalue weighted by atomic mass is 16.5. The Hall–Kier alpha value is -2.34. The van der Waals surface area contributed by atoms with Gasteiger partial charge in [-0.1, -0.05) is 0 Å². The molecule has 0 fully saturated rings. The SMILES string of the molecule is COCCNc1cc(C)nc(Nc2ccc(OC(C)C)cc2)n1. The fourth-order valence-electron chi connectivity index (χ4n) is 2.01. The van der Waals surface area contributed by atoms with Crippen LogP contribution in [0.4, 0.5) is 17.5 Å². The number of aryl methyl sites for hydroxylation is 1. The predicted molar refractivity (Wildman–Crippen MR) is 92.6 cm³/mol. The second-order valence-corrected chi connectivity index (χ2v) is 5.45. The molecule has 0 radical (unpaired) electrons. The van der Waals surface area contributed by atoms with E-state index in [9.17, 15) is 0 Å². The van der Waals surface area contributed by atoms with E-state index in [-0.39, 0.29) is 6.10 Å². The van der Waals surface area contributed by atoms with E-state index < -0.39 is 0 Å². The van der Waals surface area contributed by atoms with Gasteiger partial charge >= 0.3 is 0 Å². The van der Waals surface area contributed by atoms with Crippen LogP contribution in [0.25, 0.3) is 0 Å². The van der Waals surface area contributed by atoms with E-state index in [1.54, 1.807) is 7.11 Å². The topological polar surface area (TPSA) is 68.3 Å². The third-order valence-corrected chi connectivity index (χ3v) is 2.95. The quantitative estimate of drug-likeness (QED) is 0.728. The minimum absolute atomic E-state index is 0.162. The molecule has 0 unspecified atom stereocenters. The summed E-state index contributed by atoms with van der Waals surface area (Å²) >= 11 is 0. The number of rotatable bonds is 8. The van der Waals surface area contributed by atoms with Crippen molar-refractivity contribution in [2.75, 3.05) is 30.9 Å². The summed E-state index contributed by atoms with van der Waals surface area (Å²) in [7, 11) is 1.67. The van der Waals surface area contributed by atoms with Crippen LogP contribution in [0.2, 0.25) is 0 Å². The summed E-state index contributed by atoms with van der Waals surface area (Å²) < 4.78 is 10.7. The molecule has 0 saturated carbocycles. The molecule has 2 N–H and O–H groups in total. The number of hydrogen-bond acceptors (Lipinski definition) is 6. The predicted octanol–water partition coefficient (Wildman–Crippen LogP) is 3.37. The lowest BCUT2D eigenvalue weighted by molar-refractivity contribution is 0.210. The number of ether oxygens (including phenoxy) is 2.